The van der Waals surface area contributed by atoms with Crippen molar-refractivity contribution >= 4 is 17.2 Å². The molecule has 2 rings (SSSR count). The maximum Gasteiger partial charge on any atom is 0.209 e. The first-order valence-electron chi connectivity index (χ1n) is 5.04. The van der Waals surface area contributed by atoms with Gasteiger partial charge in [0.2, 0.25) is 5.69 Å². The van der Waals surface area contributed by atoms with Gasteiger partial charge >= 0.3 is 0 Å². The molecular formula is C12H12N2O. The van der Waals surface area contributed by atoms with Crippen molar-refractivity contribution < 1.29 is 4.79 Å². The second-order valence-electron chi connectivity index (χ2n) is 3.63. The van der Waals surface area contributed by atoms with Gasteiger partial charge in [-0.15, -0.1) is 0 Å². The minimum Gasteiger partial charge on any atom is -0.379 e. The summed E-state index contributed by atoms with van der Waals surface area (Å²) in [6.45, 7) is 8.56. The molecule has 0 N–H and O–H groups in total. The van der Waals surface area contributed by atoms with Crippen LogP contribution in [0.1, 0.15) is 12.8 Å². The SMILES string of the molecule is [C-]#[N+]c1ccccc1N1CCC(=O)CC1. The Balaban J connectivity index is 2.23. The van der Waals surface area contributed by atoms with Gasteiger partial charge < -0.3 is 4.90 Å². The van der Waals surface area contributed by atoms with Gasteiger partial charge in [-0.25, -0.2) is 4.85 Å². The fourth-order valence-electron chi connectivity index (χ4n) is 1.82. The quantitative estimate of drug-likeness (QED) is 0.650. The highest BCUT2D eigenvalue weighted by Gasteiger charge is 2.18. The number of Topliss-reactive ketones (excluding diaryl/α,β-unsaturated/α-hetero) is 1. The van der Waals surface area contributed by atoms with E-state index in [-0.39, 0.29) is 0 Å². The molecule has 0 amide bonds. The number of ketones is 1. The molecule has 1 saturated heterocycles. The third-order valence-corrected chi connectivity index (χ3v) is 2.66. The van der Waals surface area contributed by atoms with E-state index in [0.29, 0.717) is 24.3 Å². The third-order valence-electron chi connectivity index (χ3n) is 2.66. The molecule has 1 heterocycles. The van der Waals surface area contributed by atoms with Crippen LogP contribution in [-0.4, -0.2) is 18.9 Å². The molecule has 0 unspecified atom stereocenters. The first-order valence-corrected chi connectivity index (χ1v) is 5.04. The molecule has 1 aromatic rings. The standard InChI is InChI=1S/C12H12N2O/c1-13-11-4-2-3-5-12(11)14-8-6-10(15)7-9-14/h2-5H,6-9H2. The lowest BCUT2D eigenvalue weighted by atomic mass is 10.1. The van der Waals surface area contributed by atoms with Gasteiger partial charge in [0.1, 0.15) is 5.78 Å². The number of carbonyl (C=O) groups is 1. The lowest BCUT2D eigenvalue weighted by Gasteiger charge is -2.29. The molecule has 3 heteroatoms. The molecule has 1 aliphatic rings. The van der Waals surface area contributed by atoms with Crippen molar-refractivity contribution in [2.24, 2.45) is 0 Å². The van der Waals surface area contributed by atoms with Gasteiger partial charge in [0, 0.05) is 31.6 Å². The molecule has 0 spiro atoms. The van der Waals surface area contributed by atoms with Crippen LogP contribution in [0.2, 0.25) is 0 Å². The lowest BCUT2D eigenvalue weighted by molar-refractivity contribution is -0.119. The summed E-state index contributed by atoms with van der Waals surface area (Å²) >= 11 is 0. The van der Waals surface area contributed by atoms with E-state index >= 15 is 0 Å². The zero-order valence-electron chi connectivity index (χ0n) is 8.44. The normalized spacial score (nSPS) is 16.2. The van der Waals surface area contributed by atoms with Crippen molar-refractivity contribution in [2.45, 2.75) is 12.8 Å². The number of piperidine rings is 1. The Labute approximate surface area is 89.1 Å². The Kier molecular flexibility index (Phi) is 2.68. The van der Waals surface area contributed by atoms with E-state index in [1.54, 1.807) is 0 Å². The molecule has 1 fully saturated rings. The summed E-state index contributed by atoms with van der Waals surface area (Å²) in [4.78, 5) is 16.7. The van der Waals surface area contributed by atoms with Crippen molar-refractivity contribution in [3.8, 4) is 0 Å². The molecule has 15 heavy (non-hydrogen) atoms. The summed E-state index contributed by atoms with van der Waals surface area (Å²) in [6.07, 6.45) is 1.21. The van der Waals surface area contributed by atoms with Gasteiger partial charge in [-0.3, -0.25) is 4.79 Å². The molecule has 0 bridgehead atoms. The van der Waals surface area contributed by atoms with E-state index in [0.717, 1.165) is 18.8 Å². The number of para-hydroxylation sites is 2. The average molecular weight is 200 g/mol. The highest BCUT2D eigenvalue weighted by Crippen LogP contribution is 2.29. The molecular weight excluding hydrogens is 188 g/mol. The van der Waals surface area contributed by atoms with Gasteiger partial charge in [0.05, 0.1) is 6.57 Å². The molecule has 0 radical (unpaired) electrons. The van der Waals surface area contributed by atoms with Crippen molar-refractivity contribution in [2.75, 3.05) is 18.0 Å². The van der Waals surface area contributed by atoms with Crippen LogP contribution in [0, 0.1) is 6.57 Å². The molecule has 0 aliphatic carbocycles. The van der Waals surface area contributed by atoms with Crippen LogP contribution in [0.25, 0.3) is 4.85 Å². The molecule has 76 valence electrons. The maximum absolute atomic E-state index is 11.1. The van der Waals surface area contributed by atoms with Gasteiger partial charge in [0.15, 0.2) is 0 Å². The summed E-state index contributed by atoms with van der Waals surface area (Å²) < 4.78 is 0. The summed E-state index contributed by atoms with van der Waals surface area (Å²) in [5, 5.41) is 0. The average Bonchev–Trinajstić information content (AvgIpc) is 2.30. The topological polar surface area (TPSA) is 24.7 Å². The zero-order chi connectivity index (χ0) is 10.7. The van der Waals surface area contributed by atoms with E-state index in [2.05, 4.69) is 9.74 Å². The minimum absolute atomic E-state index is 0.326. The van der Waals surface area contributed by atoms with Crippen LogP contribution < -0.4 is 4.90 Å². The van der Waals surface area contributed by atoms with Crippen molar-refractivity contribution in [1.29, 1.82) is 0 Å². The second-order valence-corrected chi connectivity index (χ2v) is 3.63. The highest BCUT2D eigenvalue weighted by atomic mass is 16.1. The molecule has 0 atom stereocenters. The van der Waals surface area contributed by atoms with Crippen LogP contribution in [0.4, 0.5) is 11.4 Å². The number of nitrogens with zero attached hydrogens (tertiary/aromatic N) is 2. The fourth-order valence-corrected chi connectivity index (χ4v) is 1.82. The first kappa shape index (κ1) is 9.72. The molecule has 3 nitrogen and oxygen atoms in total. The monoisotopic (exact) mass is 200 g/mol. The summed E-state index contributed by atoms with van der Waals surface area (Å²) in [6, 6.07) is 7.56. The largest absolute Gasteiger partial charge is 0.379 e. The Morgan fingerprint density at radius 2 is 1.87 bits per heavy atom. The van der Waals surface area contributed by atoms with E-state index in [1.165, 1.54) is 0 Å². The van der Waals surface area contributed by atoms with E-state index in [4.69, 9.17) is 6.57 Å². The zero-order valence-corrected chi connectivity index (χ0v) is 8.44. The van der Waals surface area contributed by atoms with E-state index in [9.17, 15) is 4.79 Å². The van der Waals surface area contributed by atoms with Gasteiger partial charge in [-0.1, -0.05) is 18.2 Å². The number of benzene rings is 1. The molecule has 0 aromatic heterocycles. The van der Waals surface area contributed by atoms with Crippen molar-refractivity contribution in [3.63, 3.8) is 0 Å². The predicted octanol–water partition coefficient (Wildman–Crippen LogP) is 2.41. The third kappa shape index (κ3) is 1.99. The number of anilines is 1. The molecule has 1 aromatic carbocycles. The van der Waals surface area contributed by atoms with Gasteiger partial charge in [-0.2, -0.15) is 0 Å². The minimum atomic E-state index is 0.326. The molecule has 1 aliphatic heterocycles. The second kappa shape index (κ2) is 4.14. The van der Waals surface area contributed by atoms with Crippen LogP contribution in [0.15, 0.2) is 24.3 Å². The van der Waals surface area contributed by atoms with E-state index < -0.39 is 0 Å². The van der Waals surface area contributed by atoms with Crippen molar-refractivity contribution in [3.05, 3.63) is 35.7 Å². The Hall–Kier alpha value is -1.82. The number of carbonyl (C=O) groups excluding carboxylic acids is 1. The van der Waals surface area contributed by atoms with E-state index in [1.807, 2.05) is 24.3 Å². The Morgan fingerprint density at radius 1 is 1.20 bits per heavy atom. The fraction of sp³-hybridized carbons (Fsp3) is 0.333. The summed E-state index contributed by atoms with van der Waals surface area (Å²) in [5.74, 6) is 0.326. The summed E-state index contributed by atoms with van der Waals surface area (Å²) in [5.41, 5.74) is 1.63. The Morgan fingerprint density at radius 3 is 2.53 bits per heavy atom. The number of hydrogen-bond donors (Lipinski definition) is 0. The first-order chi connectivity index (χ1) is 7.31. The Bertz CT molecular complexity index is 410. The number of hydrogen-bond acceptors (Lipinski definition) is 2. The van der Waals surface area contributed by atoms with Gasteiger partial charge in [-0.05, 0) is 6.07 Å². The summed E-state index contributed by atoms with van der Waals surface area (Å²) in [7, 11) is 0. The lowest BCUT2D eigenvalue weighted by Crippen LogP contribution is -2.33. The van der Waals surface area contributed by atoms with Crippen LogP contribution in [0.3, 0.4) is 0 Å². The highest BCUT2D eigenvalue weighted by molar-refractivity contribution is 5.82. The molecule has 0 saturated carbocycles. The maximum atomic E-state index is 11.1. The van der Waals surface area contributed by atoms with Gasteiger partial charge in [0.25, 0.3) is 0 Å². The van der Waals surface area contributed by atoms with Crippen LogP contribution in [-0.2, 0) is 4.79 Å². The smallest absolute Gasteiger partial charge is 0.209 e. The van der Waals surface area contributed by atoms with Crippen LogP contribution >= 0.6 is 0 Å². The predicted molar refractivity (Wildman–Crippen MR) is 59.2 cm³/mol. The van der Waals surface area contributed by atoms with Crippen molar-refractivity contribution in [1.82, 2.24) is 0 Å². The van der Waals surface area contributed by atoms with Crippen LogP contribution in [0.5, 0.6) is 0 Å². The number of rotatable bonds is 1.